The van der Waals surface area contributed by atoms with Crippen LogP contribution in [0, 0.1) is 17.1 Å². The Morgan fingerprint density at radius 3 is 2.56 bits per heavy atom. The fraction of sp³-hybridized carbons (Fsp3) is 0.207. The number of anilines is 5. The van der Waals surface area contributed by atoms with Crippen LogP contribution in [-0.2, 0) is 6.61 Å². The Labute approximate surface area is 230 Å². The highest BCUT2D eigenvalue weighted by Gasteiger charge is 2.25. The molecular weight excluding hydrogens is 517 g/mol. The summed E-state index contributed by atoms with van der Waals surface area (Å²) in [7, 11) is 2.14. The van der Waals surface area contributed by atoms with Crippen LogP contribution in [0.3, 0.4) is 0 Å². The zero-order chi connectivity index (χ0) is 26.9. The summed E-state index contributed by atoms with van der Waals surface area (Å²) in [6.07, 6.45) is 1.50. The highest BCUT2D eigenvalue weighted by Crippen LogP contribution is 2.43. The van der Waals surface area contributed by atoms with E-state index in [1.54, 1.807) is 18.2 Å². The van der Waals surface area contributed by atoms with Gasteiger partial charge in [-0.25, -0.2) is 9.37 Å². The van der Waals surface area contributed by atoms with E-state index in [9.17, 15) is 9.65 Å². The van der Waals surface area contributed by atoms with Crippen LogP contribution in [0.25, 0.3) is 11.1 Å². The number of nitrogens with zero attached hydrogens (tertiary/aromatic N) is 5. The molecule has 6 rings (SSSR count). The van der Waals surface area contributed by atoms with Gasteiger partial charge in [0.2, 0.25) is 5.95 Å². The van der Waals surface area contributed by atoms with Gasteiger partial charge >= 0.3 is 0 Å². The molecule has 0 bridgehead atoms. The summed E-state index contributed by atoms with van der Waals surface area (Å²) in [4.78, 5) is 13.5. The van der Waals surface area contributed by atoms with Gasteiger partial charge < -0.3 is 25.2 Å². The number of nitrogens with one attached hydrogen (secondary N) is 2. The molecule has 1 fully saturated rings. The molecule has 2 aliphatic rings. The number of hydrogen-bond donors (Lipinski definition) is 2. The molecule has 0 spiro atoms. The molecule has 2 N–H and O–H groups in total. The highest BCUT2D eigenvalue weighted by molar-refractivity contribution is 6.33. The van der Waals surface area contributed by atoms with Crippen LogP contribution in [0.4, 0.5) is 33.2 Å². The molecule has 1 saturated heterocycles. The van der Waals surface area contributed by atoms with Gasteiger partial charge in [0.15, 0.2) is 5.82 Å². The summed E-state index contributed by atoms with van der Waals surface area (Å²) in [5.41, 5.74) is 4.62. The first kappa shape index (κ1) is 24.9. The lowest BCUT2D eigenvalue weighted by Gasteiger charge is -2.34. The first-order valence-electron chi connectivity index (χ1n) is 12.6. The van der Waals surface area contributed by atoms with E-state index < -0.39 is 0 Å². The van der Waals surface area contributed by atoms with Crippen molar-refractivity contribution in [3.63, 3.8) is 0 Å². The Balaban J connectivity index is 1.23. The number of fused-ring (bicyclic) bond motifs is 3. The SMILES string of the molecule is CN1CCN(c2ccc(Nc3ncc(Cl)c(Nc4ccc5c(c4C#N)OCc4c(F)cccc4-5)n3)cc2)CC1. The molecule has 3 heterocycles. The van der Waals surface area contributed by atoms with E-state index in [0.29, 0.717) is 44.9 Å². The van der Waals surface area contributed by atoms with Gasteiger partial charge in [0.1, 0.15) is 34.8 Å². The van der Waals surface area contributed by atoms with Gasteiger partial charge in [0.05, 0.1) is 11.9 Å². The Morgan fingerprint density at radius 1 is 1.00 bits per heavy atom. The van der Waals surface area contributed by atoms with Gasteiger partial charge in [-0.3, -0.25) is 0 Å². The number of nitriles is 1. The van der Waals surface area contributed by atoms with E-state index in [4.69, 9.17) is 16.3 Å². The number of hydrogen-bond acceptors (Lipinski definition) is 8. The molecule has 196 valence electrons. The van der Waals surface area contributed by atoms with Crippen LogP contribution >= 0.6 is 11.6 Å². The van der Waals surface area contributed by atoms with Gasteiger partial charge in [-0.2, -0.15) is 10.2 Å². The van der Waals surface area contributed by atoms with Crippen molar-refractivity contribution in [3.8, 4) is 22.9 Å². The van der Waals surface area contributed by atoms with Crippen molar-refractivity contribution >= 4 is 40.4 Å². The molecule has 0 amide bonds. The molecule has 0 saturated carbocycles. The van der Waals surface area contributed by atoms with Crippen LogP contribution in [0.2, 0.25) is 5.02 Å². The lowest BCUT2D eigenvalue weighted by molar-refractivity contribution is 0.295. The minimum absolute atomic E-state index is 0.0447. The summed E-state index contributed by atoms with van der Waals surface area (Å²) in [6, 6.07) is 18.8. The Bertz CT molecular complexity index is 1580. The Hall–Kier alpha value is -4.39. The van der Waals surface area contributed by atoms with E-state index in [-0.39, 0.29) is 18.0 Å². The number of halogens is 2. The van der Waals surface area contributed by atoms with Gasteiger partial charge in [0.25, 0.3) is 0 Å². The molecule has 10 heteroatoms. The molecule has 39 heavy (non-hydrogen) atoms. The van der Waals surface area contributed by atoms with E-state index in [1.165, 1.54) is 18.0 Å². The predicted octanol–water partition coefficient (Wildman–Crippen LogP) is 5.94. The van der Waals surface area contributed by atoms with Gasteiger partial charge in [-0.05, 0) is 55.1 Å². The quantitative estimate of drug-likeness (QED) is 0.321. The fourth-order valence-corrected chi connectivity index (χ4v) is 4.99. The first-order chi connectivity index (χ1) is 19.0. The molecular formula is C29H25ClFN7O. The number of ether oxygens (including phenoxy) is 1. The molecule has 0 atom stereocenters. The summed E-state index contributed by atoms with van der Waals surface area (Å²) in [5, 5.41) is 16.6. The Kier molecular flexibility index (Phi) is 6.65. The number of benzene rings is 3. The van der Waals surface area contributed by atoms with E-state index in [1.807, 2.05) is 18.2 Å². The van der Waals surface area contributed by atoms with E-state index in [0.717, 1.165) is 31.9 Å². The van der Waals surface area contributed by atoms with Crippen molar-refractivity contribution in [2.75, 3.05) is 48.8 Å². The van der Waals surface area contributed by atoms with Crippen molar-refractivity contribution < 1.29 is 9.13 Å². The fourth-order valence-electron chi connectivity index (χ4n) is 4.85. The van der Waals surface area contributed by atoms with Gasteiger partial charge in [0, 0.05) is 48.7 Å². The van der Waals surface area contributed by atoms with Crippen molar-refractivity contribution in [3.05, 3.63) is 82.8 Å². The zero-order valence-electron chi connectivity index (χ0n) is 21.2. The lowest BCUT2D eigenvalue weighted by atomic mass is 9.94. The maximum absolute atomic E-state index is 14.3. The van der Waals surface area contributed by atoms with Crippen molar-refractivity contribution in [2.24, 2.45) is 0 Å². The minimum atomic E-state index is -0.333. The third-order valence-electron chi connectivity index (χ3n) is 7.03. The number of aromatic nitrogens is 2. The number of rotatable bonds is 5. The number of piperazine rings is 1. The van der Waals surface area contributed by atoms with Crippen LogP contribution in [-0.4, -0.2) is 48.1 Å². The average Bonchev–Trinajstić information content (AvgIpc) is 2.95. The largest absolute Gasteiger partial charge is 0.487 e. The summed E-state index contributed by atoms with van der Waals surface area (Å²) in [5.74, 6) is 0.749. The second-order valence-electron chi connectivity index (χ2n) is 9.51. The molecule has 0 aliphatic carbocycles. The zero-order valence-corrected chi connectivity index (χ0v) is 22.0. The Morgan fingerprint density at radius 2 is 1.79 bits per heavy atom. The molecule has 4 aromatic rings. The summed E-state index contributed by atoms with van der Waals surface area (Å²) in [6.45, 7) is 4.14. The van der Waals surface area contributed by atoms with Gasteiger partial charge in [-0.1, -0.05) is 23.7 Å². The third kappa shape index (κ3) is 4.92. The minimum Gasteiger partial charge on any atom is -0.487 e. The monoisotopic (exact) mass is 541 g/mol. The molecule has 1 aromatic heterocycles. The summed E-state index contributed by atoms with van der Waals surface area (Å²) >= 11 is 6.41. The average molecular weight is 542 g/mol. The van der Waals surface area contributed by atoms with E-state index in [2.05, 4.69) is 55.7 Å². The molecule has 8 nitrogen and oxygen atoms in total. The van der Waals surface area contributed by atoms with Crippen molar-refractivity contribution in [1.29, 1.82) is 5.26 Å². The van der Waals surface area contributed by atoms with Crippen molar-refractivity contribution in [2.45, 2.75) is 6.61 Å². The normalized spacial score (nSPS) is 14.6. The van der Waals surface area contributed by atoms with Gasteiger partial charge in [-0.15, -0.1) is 0 Å². The maximum Gasteiger partial charge on any atom is 0.229 e. The second kappa shape index (κ2) is 10.4. The first-order valence-corrected chi connectivity index (χ1v) is 13.0. The smallest absolute Gasteiger partial charge is 0.229 e. The topological polar surface area (TPSA) is 89.3 Å². The highest BCUT2D eigenvalue weighted by atomic mass is 35.5. The molecule has 0 unspecified atom stereocenters. The van der Waals surface area contributed by atoms with Crippen LogP contribution in [0.5, 0.6) is 5.75 Å². The second-order valence-corrected chi connectivity index (χ2v) is 9.92. The van der Waals surface area contributed by atoms with Crippen LogP contribution < -0.4 is 20.3 Å². The maximum atomic E-state index is 14.3. The lowest BCUT2D eigenvalue weighted by Crippen LogP contribution is -2.44. The predicted molar refractivity (Wildman–Crippen MR) is 151 cm³/mol. The van der Waals surface area contributed by atoms with Crippen LogP contribution in [0.15, 0.2) is 60.8 Å². The third-order valence-corrected chi connectivity index (χ3v) is 7.31. The summed E-state index contributed by atoms with van der Waals surface area (Å²) < 4.78 is 20.1. The number of likely N-dealkylation sites (N-methyl/N-ethyl adjacent to an activating group) is 1. The molecule has 2 aliphatic heterocycles. The molecule has 0 radical (unpaired) electrons. The standard InChI is InChI=1S/C29H25ClFN7O/c1-37-11-13-38(14-12-37)19-7-5-18(6-8-19)34-29-33-16-24(30)28(36-29)35-26-10-9-21-20-3-2-4-25(31)23(20)17-39-27(21)22(26)15-32/h2-10,16H,11-14,17H2,1H3,(H2,33,34,35,36). The van der Waals surface area contributed by atoms with Crippen LogP contribution in [0.1, 0.15) is 11.1 Å². The van der Waals surface area contributed by atoms with E-state index >= 15 is 0 Å². The molecule has 3 aromatic carbocycles. The van der Waals surface area contributed by atoms with Crippen molar-refractivity contribution in [1.82, 2.24) is 14.9 Å².